The van der Waals surface area contributed by atoms with Crippen LogP contribution in [0.5, 0.6) is 0 Å². The molecule has 0 aliphatic carbocycles. The zero-order valence-corrected chi connectivity index (χ0v) is 9.03. The number of carbonyl (C=O) groups excluding carboxylic acids is 1. The number of alkyl halides is 5. The lowest BCUT2D eigenvalue weighted by atomic mass is 9.94. The summed E-state index contributed by atoms with van der Waals surface area (Å²) in [4.78, 5) is 10.9. The summed E-state index contributed by atoms with van der Waals surface area (Å²) in [6.45, 7) is 1.70. The van der Waals surface area contributed by atoms with E-state index in [0.29, 0.717) is 19.4 Å². The summed E-state index contributed by atoms with van der Waals surface area (Å²) in [5.41, 5.74) is -1.18. The molecule has 1 saturated heterocycles. The molecule has 1 heterocycles. The zero-order chi connectivity index (χ0) is 13.3. The van der Waals surface area contributed by atoms with Crippen molar-refractivity contribution in [2.45, 2.75) is 37.4 Å². The fourth-order valence-corrected chi connectivity index (χ4v) is 1.51. The van der Waals surface area contributed by atoms with Crippen LogP contribution < -0.4 is 5.32 Å². The van der Waals surface area contributed by atoms with Crippen molar-refractivity contribution in [3.63, 3.8) is 0 Å². The summed E-state index contributed by atoms with van der Waals surface area (Å²) in [6, 6.07) is 0. The molecule has 1 unspecified atom stereocenters. The lowest BCUT2D eigenvalue weighted by Gasteiger charge is -2.35. The average Bonchev–Trinajstić information content (AvgIpc) is 2.16. The number of nitrogens with one attached hydrogen (secondary N) is 1. The molecule has 0 saturated carbocycles. The highest BCUT2D eigenvalue weighted by molar-refractivity contribution is 5.85. The molecule has 0 radical (unpaired) electrons. The number of amides is 1. The van der Waals surface area contributed by atoms with Crippen LogP contribution in [0.2, 0.25) is 0 Å². The van der Waals surface area contributed by atoms with Crippen LogP contribution in [0.25, 0.3) is 0 Å². The number of ether oxygens (including phenoxy) is 1. The predicted molar refractivity (Wildman–Crippen MR) is 47.6 cm³/mol. The van der Waals surface area contributed by atoms with Crippen molar-refractivity contribution in [1.82, 2.24) is 5.32 Å². The molecule has 0 spiro atoms. The molecule has 1 amide bonds. The summed E-state index contributed by atoms with van der Waals surface area (Å²) >= 11 is 0. The molecular weight excluding hydrogens is 249 g/mol. The topological polar surface area (TPSA) is 38.3 Å². The third-order valence-electron chi connectivity index (χ3n) is 2.49. The van der Waals surface area contributed by atoms with Gasteiger partial charge in [0.05, 0.1) is 12.1 Å². The van der Waals surface area contributed by atoms with Crippen molar-refractivity contribution >= 4 is 5.91 Å². The molecule has 1 N–H and O–H groups in total. The number of rotatable bonds is 2. The quantitative estimate of drug-likeness (QED) is 0.771. The summed E-state index contributed by atoms with van der Waals surface area (Å²) in [7, 11) is 0. The molecule has 0 aromatic carbocycles. The number of carbonyl (C=O) groups is 1. The van der Waals surface area contributed by atoms with Crippen LogP contribution in [0.3, 0.4) is 0 Å². The Kier molecular flexibility index (Phi) is 3.66. The largest absolute Gasteiger partial charge is 0.463 e. The van der Waals surface area contributed by atoms with Gasteiger partial charge in [-0.15, -0.1) is 0 Å². The molecule has 1 aliphatic rings. The van der Waals surface area contributed by atoms with E-state index >= 15 is 0 Å². The lowest BCUT2D eigenvalue weighted by molar-refractivity contribution is -0.270. The average molecular weight is 261 g/mol. The van der Waals surface area contributed by atoms with Gasteiger partial charge in [-0.1, -0.05) is 0 Å². The first-order chi connectivity index (χ1) is 7.58. The molecule has 100 valence electrons. The normalized spacial score (nSPS) is 26.7. The van der Waals surface area contributed by atoms with E-state index in [4.69, 9.17) is 4.74 Å². The van der Waals surface area contributed by atoms with Crippen molar-refractivity contribution in [1.29, 1.82) is 0 Å². The van der Waals surface area contributed by atoms with E-state index in [-0.39, 0.29) is 6.61 Å². The van der Waals surface area contributed by atoms with Crippen molar-refractivity contribution < 1.29 is 31.5 Å². The molecule has 8 heteroatoms. The standard InChI is InChI=1S/C9H12F5NO2/c1-7(3-2-4-17-5-7)15-6(16)8(10,11)9(12,13)14/h2-5H2,1H3,(H,15,16). The fraction of sp³-hybridized carbons (Fsp3) is 0.889. The maximum absolute atomic E-state index is 12.7. The molecule has 1 atom stereocenters. The highest BCUT2D eigenvalue weighted by Crippen LogP contribution is 2.36. The van der Waals surface area contributed by atoms with Crippen molar-refractivity contribution in [3.05, 3.63) is 0 Å². The number of halogens is 5. The van der Waals surface area contributed by atoms with Crippen LogP contribution in [0.1, 0.15) is 19.8 Å². The highest BCUT2D eigenvalue weighted by Gasteiger charge is 2.64. The molecule has 1 rings (SSSR count). The molecular formula is C9H12F5NO2. The Morgan fingerprint density at radius 3 is 2.29 bits per heavy atom. The van der Waals surface area contributed by atoms with Gasteiger partial charge in [-0.3, -0.25) is 4.79 Å². The van der Waals surface area contributed by atoms with Gasteiger partial charge < -0.3 is 10.1 Å². The van der Waals surface area contributed by atoms with Crippen LogP contribution in [-0.2, 0) is 9.53 Å². The van der Waals surface area contributed by atoms with Gasteiger partial charge in [0.1, 0.15) is 0 Å². The van der Waals surface area contributed by atoms with Crippen LogP contribution >= 0.6 is 0 Å². The second-order valence-corrected chi connectivity index (χ2v) is 4.24. The molecule has 0 bridgehead atoms. The minimum absolute atomic E-state index is 0.0767. The summed E-state index contributed by atoms with van der Waals surface area (Å²) in [5, 5.41) is 1.71. The van der Waals surface area contributed by atoms with Crippen LogP contribution in [-0.4, -0.2) is 36.8 Å². The first-order valence-corrected chi connectivity index (χ1v) is 4.93. The van der Waals surface area contributed by atoms with E-state index in [1.165, 1.54) is 6.92 Å². The van der Waals surface area contributed by atoms with E-state index in [0.717, 1.165) is 0 Å². The summed E-state index contributed by atoms with van der Waals surface area (Å²) < 4.78 is 66.0. The molecule has 3 nitrogen and oxygen atoms in total. The highest BCUT2D eigenvalue weighted by atomic mass is 19.4. The third kappa shape index (κ3) is 3.05. The zero-order valence-electron chi connectivity index (χ0n) is 9.03. The summed E-state index contributed by atoms with van der Waals surface area (Å²) in [6.07, 6.45) is -5.09. The Bertz CT molecular complexity index is 296. The molecule has 0 aromatic heterocycles. The Morgan fingerprint density at radius 1 is 1.29 bits per heavy atom. The molecule has 0 aromatic rings. The lowest BCUT2D eigenvalue weighted by Crippen LogP contribution is -2.59. The first-order valence-electron chi connectivity index (χ1n) is 4.93. The predicted octanol–water partition coefficient (Wildman–Crippen LogP) is 1.87. The molecule has 1 fully saturated rings. The van der Waals surface area contributed by atoms with E-state index in [1.54, 1.807) is 5.32 Å². The van der Waals surface area contributed by atoms with Gasteiger partial charge in [-0.25, -0.2) is 0 Å². The minimum atomic E-state index is -5.89. The maximum Gasteiger partial charge on any atom is 0.463 e. The minimum Gasteiger partial charge on any atom is -0.379 e. The fourth-order valence-electron chi connectivity index (χ4n) is 1.51. The summed E-state index contributed by atoms with van der Waals surface area (Å²) in [5.74, 6) is -7.72. The van der Waals surface area contributed by atoms with Gasteiger partial charge in [0.2, 0.25) is 0 Å². The Balaban J connectivity index is 2.71. The van der Waals surface area contributed by atoms with Gasteiger partial charge in [0.15, 0.2) is 0 Å². The first kappa shape index (κ1) is 14.1. The smallest absolute Gasteiger partial charge is 0.379 e. The van der Waals surface area contributed by atoms with Crippen molar-refractivity contribution in [2.24, 2.45) is 0 Å². The Hall–Kier alpha value is -0.920. The second kappa shape index (κ2) is 4.40. The van der Waals surface area contributed by atoms with Gasteiger partial charge in [0.25, 0.3) is 0 Å². The molecule has 1 aliphatic heterocycles. The van der Waals surface area contributed by atoms with E-state index < -0.39 is 23.5 Å². The Morgan fingerprint density at radius 2 is 1.88 bits per heavy atom. The van der Waals surface area contributed by atoms with E-state index in [9.17, 15) is 26.7 Å². The SMILES string of the molecule is CC1(NC(=O)C(F)(F)C(F)(F)F)CCCOC1. The van der Waals surface area contributed by atoms with Crippen LogP contribution in [0, 0.1) is 0 Å². The van der Waals surface area contributed by atoms with Gasteiger partial charge >= 0.3 is 18.0 Å². The Labute approximate surface area is 94.3 Å². The van der Waals surface area contributed by atoms with E-state index in [2.05, 4.69) is 0 Å². The van der Waals surface area contributed by atoms with E-state index in [1.807, 2.05) is 0 Å². The third-order valence-corrected chi connectivity index (χ3v) is 2.49. The van der Waals surface area contributed by atoms with Gasteiger partial charge in [0, 0.05) is 6.61 Å². The second-order valence-electron chi connectivity index (χ2n) is 4.24. The van der Waals surface area contributed by atoms with Gasteiger partial charge in [-0.05, 0) is 19.8 Å². The monoisotopic (exact) mass is 261 g/mol. The van der Waals surface area contributed by atoms with Crippen molar-refractivity contribution in [3.8, 4) is 0 Å². The van der Waals surface area contributed by atoms with Crippen LogP contribution in [0.15, 0.2) is 0 Å². The van der Waals surface area contributed by atoms with Gasteiger partial charge in [-0.2, -0.15) is 22.0 Å². The van der Waals surface area contributed by atoms with Crippen molar-refractivity contribution in [2.75, 3.05) is 13.2 Å². The number of hydrogen-bond acceptors (Lipinski definition) is 2. The van der Waals surface area contributed by atoms with Crippen LogP contribution in [0.4, 0.5) is 22.0 Å². The molecule has 17 heavy (non-hydrogen) atoms. The number of hydrogen-bond donors (Lipinski definition) is 1. The maximum atomic E-state index is 12.7.